The number of carbonyl (C=O) groups is 1. The van der Waals surface area contributed by atoms with Crippen molar-refractivity contribution in [2.24, 2.45) is 11.8 Å². The van der Waals surface area contributed by atoms with E-state index in [0.717, 1.165) is 6.42 Å². The molecule has 0 radical (unpaired) electrons. The highest BCUT2D eigenvalue weighted by Gasteiger charge is 2.12. The van der Waals surface area contributed by atoms with Crippen LogP contribution in [0.15, 0.2) is 12.1 Å². The number of halogens is 1. The highest BCUT2D eigenvalue weighted by molar-refractivity contribution is 6.33. The Labute approximate surface area is 124 Å². The Morgan fingerprint density at radius 2 is 2.20 bits per heavy atom. The lowest BCUT2D eigenvalue weighted by Crippen LogP contribution is -2.28. The third-order valence-electron chi connectivity index (χ3n) is 2.58. The number of nitrogens with zero attached hydrogens (tertiary/aromatic N) is 1. The van der Waals surface area contributed by atoms with Gasteiger partial charge in [0, 0.05) is 13.2 Å². The van der Waals surface area contributed by atoms with Crippen molar-refractivity contribution < 1.29 is 9.53 Å². The van der Waals surface area contributed by atoms with Gasteiger partial charge in [-0.1, -0.05) is 25.4 Å². The Hall–Kier alpha value is -1.37. The number of carbonyl (C=O) groups excluding carboxylic acids is 1. The molecule has 0 spiro atoms. The Morgan fingerprint density at radius 1 is 1.45 bits per heavy atom. The number of ether oxygens (including phenoxy) is 1. The minimum Gasteiger partial charge on any atom is -0.380 e. The largest absolute Gasteiger partial charge is 0.380 e. The number of amides is 1. The highest BCUT2D eigenvalue weighted by Crippen LogP contribution is 2.15. The van der Waals surface area contributed by atoms with Gasteiger partial charge in [0.05, 0.1) is 11.6 Å². The van der Waals surface area contributed by atoms with Crippen molar-refractivity contribution in [3.63, 3.8) is 0 Å². The highest BCUT2D eigenvalue weighted by atomic mass is 35.5. The van der Waals surface area contributed by atoms with E-state index < -0.39 is 0 Å². The van der Waals surface area contributed by atoms with Gasteiger partial charge >= 0.3 is 0 Å². The molecule has 1 aromatic rings. The van der Waals surface area contributed by atoms with Crippen LogP contribution in [-0.4, -0.2) is 30.6 Å². The van der Waals surface area contributed by atoms with Crippen molar-refractivity contribution >= 4 is 23.3 Å². The molecule has 20 heavy (non-hydrogen) atoms. The smallest absolute Gasteiger partial charge is 0.271 e. The van der Waals surface area contributed by atoms with E-state index in [1.54, 1.807) is 12.1 Å². The first-order valence-electron chi connectivity index (χ1n) is 6.53. The number of hydrazine groups is 1. The lowest BCUT2D eigenvalue weighted by Gasteiger charge is -2.09. The van der Waals surface area contributed by atoms with E-state index >= 15 is 0 Å². The summed E-state index contributed by atoms with van der Waals surface area (Å²) in [5.74, 6) is 5.89. The molecule has 0 fully saturated rings. The molecule has 4 N–H and O–H groups in total. The molecule has 1 aromatic heterocycles. The molecule has 0 bridgehead atoms. The molecule has 0 unspecified atom stereocenters. The number of nitrogen functional groups attached to an aromatic ring is 1. The van der Waals surface area contributed by atoms with E-state index in [1.807, 2.05) is 0 Å². The van der Waals surface area contributed by atoms with Gasteiger partial charge in [-0.05, 0) is 24.5 Å². The van der Waals surface area contributed by atoms with Crippen LogP contribution in [0.2, 0.25) is 5.02 Å². The van der Waals surface area contributed by atoms with Gasteiger partial charge < -0.3 is 15.5 Å². The minimum atomic E-state index is -0.348. The first-order valence-corrected chi connectivity index (χ1v) is 6.91. The van der Waals surface area contributed by atoms with Gasteiger partial charge in [-0.25, -0.2) is 10.8 Å². The zero-order valence-corrected chi connectivity index (χ0v) is 12.5. The van der Waals surface area contributed by atoms with Crippen LogP contribution >= 0.6 is 11.6 Å². The zero-order valence-electron chi connectivity index (χ0n) is 11.8. The van der Waals surface area contributed by atoms with Crippen LogP contribution in [-0.2, 0) is 4.74 Å². The molecule has 112 valence electrons. The molecule has 0 aliphatic heterocycles. The molecule has 0 aliphatic carbocycles. The van der Waals surface area contributed by atoms with Crippen molar-refractivity contribution in [2.75, 3.05) is 25.2 Å². The van der Waals surface area contributed by atoms with Gasteiger partial charge in [0.1, 0.15) is 11.5 Å². The van der Waals surface area contributed by atoms with Crippen LogP contribution in [0, 0.1) is 5.92 Å². The van der Waals surface area contributed by atoms with Crippen molar-refractivity contribution in [1.29, 1.82) is 0 Å². The van der Waals surface area contributed by atoms with Gasteiger partial charge in [-0.2, -0.15) is 0 Å². The third kappa shape index (κ3) is 5.73. The van der Waals surface area contributed by atoms with E-state index in [2.05, 4.69) is 29.6 Å². The molecule has 0 saturated heterocycles. The summed E-state index contributed by atoms with van der Waals surface area (Å²) in [5.41, 5.74) is 2.51. The lowest BCUT2D eigenvalue weighted by molar-refractivity contribution is 0.0901. The lowest BCUT2D eigenvalue weighted by atomic mass is 10.1. The van der Waals surface area contributed by atoms with E-state index in [4.69, 9.17) is 22.2 Å². The second-order valence-corrected chi connectivity index (χ2v) is 5.13. The third-order valence-corrected chi connectivity index (χ3v) is 2.89. The molecule has 0 aliphatic rings. The van der Waals surface area contributed by atoms with Gasteiger partial charge in [-0.3, -0.25) is 4.79 Å². The van der Waals surface area contributed by atoms with Crippen LogP contribution in [0.1, 0.15) is 30.8 Å². The molecule has 0 atom stereocenters. The Morgan fingerprint density at radius 3 is 2.85 bits per heavy atom. The fourth-order valence-electron chi connectivity index (χ4n) is 1.42. The van der Waals surface area contributed by atoms with Crippen LogP contribution in [0.25, 0.3) is 0 Å². The summed E-state index contributed by atoms with van der Waals surface area (Å²) in [6.45, 7) is 5.84. The van der Waals surface area contributed by atoms with Gasteiger partial charge in [0.25, 0.3) is 5.91 Å². The summed E-state index contributed by atoms with van der Waals surface area (Å²) in [7, 11) is 0. The maximum Gasteiger partial charge on any atom is 0.271 e. The van der Waals surface area contributed by atoms with Crippen molar-refractivity contribution in [2.45, 2.75) is 20.3 Å². The fourth-order valence-corrected chi connectivity index (χ4v) is 1.61. The number of rotatable bonds is 8. The summed E-state index contributed by atoms with van der Waals surface area (Å²) in [4.78, 5) is 15.9. The summed E-state index contributed by atoms with van der Waals surface area (Å²) >= 11 is 5.92. The second-order valence-electron chi connectivity index (χ2n) is 4.72. The normalized spacial score (nSPS) is 10.7. The first kappa shape index (κ1) is 16.7. The molecule has 7 heteroatoms. The molecule has 1 heterocycles. The molecule has 6 nitrogen and oxygen atoms in total. The van der Waals surface area contributed by atoms with Gasteiger partial charge in [-0.15, -0.1) is 0 Å². The van der Waals surface area contributed by atoms with Crippen LogP contribution in [0.5, 0.6) is 0 Å². The minimum absolute atomic E-state index is 0.143. The fraction of sp³-hybridized carbons (Fsp3) is 0.538. The van der Waals surface area contributed by atoms with Gasteiger partial charge in [0.2, 0.25) is 0 Å². The van der Waals surface area contributed by atoms with Crippen LogP contribution in [0.3, 0.4) is 0 Å². The average molecular weight is 301 g/mol. The molecule has 1 rings (SSSR count). The van der Waals surface area contributed by atoms with Crippen molar-refractivity contribution in [3.8, 4) is 0 Å². The molecular weight excluding hydrogens is 280 g/mol. The monoisotopic (exact) mass is 300 g/mol. The first-order chi connectivity index (χ1) is 9.54. The van der Waals surface area contributed by atoms with Crippen LogP contribution < -0.4 is 16.6 Å². The Kier molecular flexibility index (Phi) is 7.28. The van der Waals surface area contributed by atoms with Crippen molar-refractivity contribution in [3.05, 3.63) is 22.8 Å². The summed E-state index contributed by atoms with van der Waals surface area (Å²) in [6, 6.07) is 3.16. The van der Waals surface area contributed by atoms with E-state index in [0.29, 0.717) is 31.5 Å². The number of hydrogen-bond acceptors (Lipinski definition) is 5. The van der Waals surface area contributed by atoms with E-state index in [-0.39, 0.29) is 16.6 Å². The Bertz CT molecular complexity index is 440. The standard InChI is InChI=1S/C13H21ClN4O2/c1-9(2)5-7-20-8-6-16-13(19)12-10(14)3-4-11(17-12)18-15/h3-4,9H,5-8,15H2,1-2H3,(H,16,19)(H,17,18). The van der Waals surface area contributed by atoms with Gasteiger partial charge in [0.15, 0.2) is 0 Å². The number of hydrogen-bond donors (Lipinski definition) is 3. The molecular formula is C13H21ClN4O2. The Balaban J connectivity index is 2.36. The molecule has 1 amide bonds. The van der Waals surface area contributed by atoms with Crippen LogP contribution in [0.4, 0.5) is 5.82 Å². The number of aromatic nitrogens is 1. The summed E-state index contributed by atoms with van der Waals surface area (Å²) in [6.07, 6.45) is 1.01. The average Bonchev–Trinajstić information content (AvgIpc) is 2.42. The molecule has 0 saturated carbocycles. The number of pyridine rings is 1. The number of anilines is 1. The predicted molar refractivity (Wildman–Crippen MR) is 79.7 cm³/mol. The van der Waals surface area contributed by atoms with E-state index in [1.165, 1.54) is 0 Å². The van der Waals surface area contributed by atoms with Crippen molar-refractivity contribution in [1.82, 2.24) is 10.3 Å². The molecule has 0 aromatic carbocycles. The second kappa shape index (κ2) is 8.73. The number of nitrogens with two attached hydrogens (primary N) is 1. The summed E-state index contributed by atoms with van der Waals surface area (Å²) in [5, 5.41) is 2.98. The topological polar surface area (TPSA) is 89.3 Å². The van der Waals surface area contributed by atoms with E-state index in [9.17, 15) is 4.79 Å². The SMILES string of the molecule is CC(C)CCOCCNC(=O)c1nc(NN)ccc1Cl. The maximum absolute atomic E-state index is 11.9. The predicted octanol–water partition coefficient (Wildman–Crippen LogP) is 1.81. The zero-order chi connectivity index (χ0) is 15.0. The quantitative estimate of drug-likeness (QED) is 0.387. The number of nitrogens with one attached hydrogen (secondary N) is 2. The summed E-state index contributed by atoms with van der Waals surface area (Å²) < 4.78 is 5.41. The maximum atomic E-state index is 11.9.